The first-order valence-electron chi connectivity index (χ1n) is 6.99. The third kappa shape index (κ3) is 5.17. The molecule has 0 bridgehead atoms. The lowest BCUT2D eigenvalue weighted by Gasteiger charge is -2.29. The number of allylic oxidation sites excluding steroid dienone is 2. The molecule has 26 heavy (non-hydrogen) atoms. The highest BCUT2D eigenvalue weighted by Crippen LogP contribution is 2.40. The van der Waals surface area contributed by atoms with Crippen molar-refractivity contribution in [3.8, 4) is 6.07 Å². The van der Waals surface area contributed by atoms with Crippen molar-refractivity contribution >= 4 is 28.3 Å². The van der Waals surface area contributed by atoms with E-state index in [1.54, 1.807) is 6.07 Å². The van der Waals surface area contributed by atoms with Crippen LogP contribution in [0.4, 0.5) is 13.2 Å². The second kappa shape index (κ2) is 8.49. The van der Waals surface area contributed by atoms with Crippen molar-refractivity contribution in [2.45, 2.75) is 19.1 Å². The van der Waals surface area contributed by atoms with Crippen molar-refractivity contribution in [1.82, 2.24) is 4.31 Å². The summed E-state index contributed by atoms with van der Waals surface area (Å²) in [4.78, 5) is 2.72. The number of nitriles is 1. The molecule has 0 unspecified atom stereocenters. The maximum Gasteiger partial charge on any atom is 0.409 e. The van der Waals surface area contributed by atoms with Crippen LogP contribution < -0.4 is 0 Å². The van der Waals surface area contributed by atoms with E-state index >= 15 is 0 Å². The fourth-order valence-corrected chi connectivity index (χ4v) is 3.58. The van der Waals surface area contributed by atoms with E-state index in [1.807, 2.05) is 0 Å². The van der Waals surface area contributed by atoms with Gasteiger partial charge in [-0.15, -0.1) is 0 Å². The van der Waals surface area contributed by atoms with E-state index in [9.17, 15) is 21.6 Å². The zero-order valence-corrected chi connectivity index (χ0v) is 15.4. The van der Waals surface area contributed by atoms with Gasteiger partial charge in [0.1, 0.15) is 10.9 Å². The number of nitrogens with zero attached hydrogens (tertiary/aromatic N) is 3. The molecule has 1 aromatic carbocycles. The van der Waals surface area contributed by atoms with Gasteiger partial charge in [-0.05, 0) is 37.4 Å². The van der Waals surface area contributed by atoms with Gasteiger partial charge in [-0.3, -0.25) is 4.99 Å². The highest BCUT2D eigenvalue weighted by atomic mass is 35.5. The number of hydrogen-bond acceptors (Lipinski definition) is 4. The Morgan fingerprint density at radius 3 is 2.35 bits per heavy atom. The van der Waals surface area contributed by atoms with Crippen LogP contribution in [0.1, 0.15) is 18.5 Å². The molecule has 1 atom stereocenters. The lowest BCUT2D eigenvalue weighted by atomic mass is 10.1. The summed E-state index contributed by atoms with van der Waals surface area (Å²) in [5.41, 5.74) is -0.327. The number of halogens is 4. The van der Waals surface area contributed by atoms with Gasteiger partial charge in [0.15, 0.2) is 0 Å². The van der Waals surface area contributed by atoms with Crippen LogP contribution in [0.5, 0.6) is 0 Å². The molecular formula is C16H15ClF3N3O2S. The Kier molecular flexibility index (Phi) is 7.15. The molecule has 0 amide bonds. The van der Waals surface area contributed by atoms with Crippen LogP contribution in [0, 0.1) is 11.3 Å². The van der Waals surface area contributed by atoms with E-state index in [-0.39, 0.29) is 20.5 Å². The van der Waals surface area contributed by atoms with Crippen LogP contribution in [0.25, 0.3) is 0 Å². The van der Waals surface area contributed by atoms with Crippen LogP contribution in [0.2, 0.25) is 5.02 Å². The largest absolute Gasteiger partial charge is 0.409 e. The number of benzene rings is 1. The Balaban J connectivity index is 3.52. The Bertz CT molecular complexity index is 869. The lowest BCUT2D eigenvalue weighted by Crippen LogP contribution is -2.40. The molecule has 0 saturated heterocycles. The topological polar surface area (TPSA) is 73.5 Å². The minimum Gasteiger partial charge on any atom is -0.271 e. The van der Waals surface area contributed by atoms with E-state index in [1.165, 1.54) is 19.1 Å². The van der Waals surface area contributed by atoms with Gasteiger partial charge in [-0.1, -0.05) is 23.7 Å². The molecule has 1 aromatic rings. The van der Waals surface area contributed by atoms with Gasteiger partial charge >= 0.3 is 6.18 Å². The van der Waals surface area contributed by atoms with E-state index in [4.69, 9.17) is 16.9 Å². The smallest absolute Gasteiger partial charge is 0.271 e. The summed E-state index contributed by atoms with van der Waals surface area (Å²) < 4.78 is 66.4. The zero-order valence-electron chi connectivity index (χ0n) is 13.8. The quantitative estimate of drug-likeness (QED) is 0.404. The molecule has 0 fully saturated rings. The summed E-state index contributed by atoms with van der Waals surface area (Å²) in [6.45, 7) is 4.42. The average Bonchev–Trinajstić information content (AvgIpc) is 2.54. The second-order valence-corrected chi connectivity index (χ2v) is 7.60. The Labute approximate surface area is 154 Å². The predicted molar refractivity (Wildman–Crippen MR) is 93.9 cm³/mol. The van der Waals surface area contributed by atoms with E-state index < -0.39 is 27.1 Å². The molecular weight excluding hydrogens is 391 g/mol. The summed E-state index contributed by atoms with van der Waals surface area (Å²) in [6, 6.07) is 3.91. The molecule has 0 heterocycles. The minimum atomic E-state index is -4.89. The van der Waals surface area contributed by atoms with Gasteiger partial charge in [0.25, 0.3) is 0 Å². The third-order valence-corrected chi connectivity index (χ3v) is 5.33. The fraction of sp³-hybridized carbons (Fsp3) is 0.250. The first kappa shape index (κ1) is 21.9. The maximum atomic E-state index is 13.6. The van der Waals surface area contributed by atoms with E-state index in [0.717, 1.165) is 31.5 Å². The first-order chi connectivity index (χ1) is 11.9. The van der Waals surface area contributed by atoms with Gasteiger partial charge in [0.05, 0.1) is 6.07 Å². The molecule has 0 N–H and O–H groups in total. The van der Waals surface area contributed by atoms with Gasteiger partial charge in [0.2, 0.25) is 10.0 Å². The molecule has 140 valence electrons. The monoisotopic (exact) mass is 405 g/mol. The van der Waals surface area contributed by atoms with Crippen molar-refractivity contribution in [3.63, 3.8) is 0 Å². The Morgan fingerprint density at radius 2 is 1.92 bits per heavy atom. The van der Waals surface area contributed by atoms with Gasteiger partial charge in [0, 0.05) is 23.8 Å². The number of rotatable bonds is 6. The molecule has 5 nitrogen and oxygen atoms in total. The van der Waals surface area contributed by atoms with Crippen LogP contribution in [0.3, 0.4) is 0 Å². The van der Waals surface area contributed by atoms with Crippen molar-refractivity contribution < 1.29 is 21.6 Å². The molecule has 0 aromatic heterocycles. The Morgan fingerprint density at radius 1 is 1.38 bits per heavy atom. The van der Waals surface area contributed by atoms with Gasteiger partial charge in [-0.25, -0.2) is 8.42 Å². The van der Waals surface area contributed by atoms with Crippen LogP contribution in [-0.2, 0) is 10.0 Å². The molecule has 0 aliphatic carbocycles. The number of hydrogen-bond donors (Lipinski definition) is 0. The average molecular weight is 406 g/mol. The number of sulfonamides is 1. The van der Waals surface area contributed by atoms with Crippen molar-refractivity contribution in [1.29, 1.82) is 5.26 Å². The summed E-state index contributed by atoms with van der Waals surface area (Å²) in [6.07, 6.45) is -3.19. The van der Waals surface area contributed by atoms with Crippen molar-refractivity contribution in [3.05, 3.63) is 57.6 Å². The molecule has 0 saturated carbocycles. The predicted octanol–water partition coefficient (Wildman–Crippen LogP) is 4.22. The van der Waals surface area contributed by atoms with Crippen LogP contribution in [0.15, 0.2) is 52.0 Å². The second-order valence-electron chi connectivity index (χ2n) is 5.17. The van der Waals surface area contributed by atoms with Crippen LogP contribution >= 0.6 is 11.6 Å². The summed E-state index contributed by atoms with van der Waals surface area (Å²) in [5, 5.41) is 9.02. The molecule has 0 aliphatic heterocycles. The highest BCUT2D eigenvalue weighted by Gasteiger charge is 2.47. The summed E-state index contributed by atoms with van der Waals surface area (Å²) in [7, 11) is -3.83. The summed E-state index contributed by atoms with van der Waals surface area (Å²) >= 11 is 5.69. The van der Waals surface area contributed by atoms with Crippen molar-refractivity contribution in [2.24, 2.45) is 4.99 Å². The molecule has 0 spiro atoms. The maximum absolute atomic E-state index is 13.6. The first-order valence-corrected chi connectivity index (χ1v) is 8.81. The van der Waals surface area contributed by atoms with Crippen LogP contribution in [-0.4, -0.2) is 32.7 Å². The minimum absolute atomic E-state index is 0.0214. The SMILES string of the molecule is C=N/C=C(\C=C(/C)C#N)S(=O)(=O)N(C)[C@H](c1ccc(Cl)cc1)C(F)(F)F. The molecule has 0 aliphatic rings. The third-order valence-electron chi connectivity index (χ3n) is 3.29. The molecule has 0 radical (unpaired) electrons. The molecule has 1 rings (SSSR count). The van der Waals surface area contributed by atoms with Gasteiger partial charge < -0.3 is 0 Å². The fourth-order valence-electron chi connectivity index (χ4n) is 2.07. The van der Waals surface area contributed by atoms with E-state index in [2.05, 4.69) is 11.7 Å². The Hall–Kier alpha value is -2.15. The number of alkyl halides is 3. The number of aliphatic imine (C=N–C) groups is 1. The molecule has 10 heteroatoms. The van der Waals surface area contributed by atoms with E-state index in [0.29, 0.717) is 0 Å². The highest BCUT2D eigenvalue weighted by molar-refractivity contribution is 7.93. The van der Waals surface area contributed by atoms with Gasteiger partial charge in [-0.2, -0.15) is 22.7 Å². The standard InChI is InChI=1S/C16H15ClF3N3O2S/c1-11(9-21)8-14(10-22-2)26(24,25)23(3)15(16(18,19)20)12-4-6-13(17)7-5-12/h4-8,10,15H,2H2,1,3H3/b11-8+,14-10+/t15-/m1/s1. The normalized spacial score (nSPS) is 14.8. The zero-order chi connectivity index (χ0) is 20.1. The lowest BCUT2D eigenvalue weighted by molar-refractivity contribution is -0.171. The summed E-state index contributed by atoms with van der Waals surface area (Å²) in [5.74, 6) is 0. The van der Waals surface area contributed by atoms with Crippen molar-refractivity contribution in [2.75, 3.05) is 7.05 Å².